The molecular weight excluding hydrogens is 266 g/mol. The Bertz CT molecular complexity index is 382. The van der Waals surface area contributed by atoms with Crippen molar-refractivity contribution in [3.8, 4) is 0 Å². The number of hydrogen-bond donors (Lipinski definition) is 2. The number of carbonyl (C=O) groups is 1. The van der Waals surface area contributed by atoms with Crippen molar-refractivity contribution in [2.45, 2.75) is 51.2 Å². The molecule has 0 spiro atoms. The molecule has 4 fully saturated rings. The zero-order valence-electron chi connectivity index (χ0n) is 13.3. The smallest absolute Gasteiger partial charge is 0.322 e. The van der Waals surface area contributed by atoms with Gasteiger partial charge in [0, 0.05) is 12.6 Å². The van der Waals surface area contributed by atoms with Gasteiger partial charge in [-0.15, -0.1) is 0 Å². The lowest BCUT2D eigenvalue weighted by atomic mass is 9.73. The average Bonchev–Trinajstić information content (AvgIpc) is 2.87. The van der Waals surface area contributed by atoms with Crippen molar-refractivity contribution in [1.29, 1.82) is 0 Å². The van der Waals surface area contributed by atoms with Gasteiger partial charge >= 0.3 is 5.97 Å². The van der Waals surface area contributed by atoms with Crippen molar-refractivity contribution in [1.82, 2.24) is 15.1 Å². The van der Waals surface area contributed by atoms with Crippen molar-refractivity contribution in [2.75, 3.05) is 32.7 Å². The number of likely N-dealkylation sites (N-methyl/N-ethyl adjacent to an activating group) is 1. The molecule has 4 aliphatic heterocycles. The van der Waals surface area contributed by atoms with E-state index < -0.39 is 12.0 Å². The molecule has 21 heavy (non-hydrogen) atoms. The second-order valence-electron chi connectivity index (χ2n) is 6.89. The van der Waals surface area contributed by atoms with Gasteiger partial charge in [-0.1, -0.05) is 13.8 Å². The maximum absolute atomic E-state index is 11.8. The number of carboxylic acid groups (broad SMARTS) is 1. The minimum Gasteiger partial charge on any atom is -0.480 e. The molecule has 5 nitrogen and oxygen atoms in total. The first-order valence-electron chi connectivity index (χ1n) is 8.61. The van der Waals surface area contributed by atoms with E-state index in [2.05, 4.69) is 22.0 Å². The third-order valence-electron chi connectivity index (χ3n) is 5.80. The highest BCUT2D eigenvalue weighted by Gasteiger charge is 2.55. The Morgan fingerprint density at radius 2 is 2.05 bits per heavy atom. The largest absolute Gasteiger partial charge is 0.480 e. The monoisotopic (exact) mass is 295 g/mol. The zero-order valence-corrected chi connectivity index (χ0v) is 13.3. The topological polar surface area (TPSA) is 55.8 Å². The molecule has 0 radical (unpaired) electrons. The maximum Gasteiger partial charge on any atom is 0.322 e. The molecule has 4 unspecified atom stereocenters. The van der Waals surface area contributed by atoms with Gasteiger partial charge in [0.15, 0.2) is 0 Å². The molecular formula is C16H29N3O2. The molecule has 0 aromatic heterocycles. The number of likely N-dealkylation sites (tertiary alicyclic amines) is 1. The maximum atomic E-state index is 11.8. The van der Waals surface area contributed by atoms with E-state index in [0.717, 1.165) is 25.4 Å². The van der Waals surface area contributed by atoms with Gasteiger partial charge in [0.2, 0.25) is 0 Å². The number of hydrogen-bond acceptors (Lipinski definition) is 4. The first kappa shape index (κ1) is 15.3. The molecule has 4 rings (SSSR count). The standard InChI is InChI=1S/C16H29N3O2/c1-3-7-19-10-12-11-5-8-18(9-6-11)14(12)15(19)13(16(20)21)17-4-2/h11-15,17H,3-10H2,1-2H3,(H,20,21). The Hall–Kier alpha value is -0.650. The Balaban J connectivity index is 1.87. The van der Waals surface area contributed by atoms with Crippen molar-refractivity contribution in [3.05, 3.63) is 0 Å². The molecule has 0 saturated carbocycles. The number of rotatable bonds is 6. The highest BCUT2D eigenvalue weighted by molar-refractivity contribution is 5.74. The van der Waals surface area contributed by atoms with Crippen LogP contribution >= 0.6 is 0 Å². The summed E-state index contributed by atoms with van der Waals surface area (Å²) in [5.41, 5.74) is 0. The Morgan fingerprint density at radius 1 is 1.33 bits per heavy atom. The van der Waals surface area contributed by atoms with E-state index in [1.165, 1.54) is 25.9 Å². The number of nitrogens with one attached hydrogen (secondary N) is 1. The van der Waals surface area contributed by atoms with Crippen LogP contribution in [0, 0.1) is 11.8 Å². The zero-order chi connectivity index (χ0) is 15.0. The third kappa shape index (κ3) is 2.60. The molecule has 4 saturated heterocycles. The van der Waals surface area contributed by atoms with Crippen LogP contribution in [0.3, 0.4) is 0 Å². The summed E-state index contributed by atoms with van der Waals surface area (Å²) in [6, 6.07) is 0.149. The Labute approximate surface area is 127 Å². The second-order valence-corrected chi connectivity index (χ2v) is 6.89. The lowest BCUT2D eigenvalue weighted by Crippen LogP contribution is -2.63. The summed E-state index contributed by atoms with van der Waals surface area (Å²) in [7, 11) is 0. The van der Waals surface area contributed by atoms with Crippen LogP contribution in [-0.4, -0.2) is 71.7 Å². The summed E-state index contributed by atoms with van der Waals surface area (Å²) in [6.07, 6.45) is 3.72. The Morgan fingerprint density at radius 3 is 2.62 bits per heavy atom. The van der Waals surface area contributed by atoms with Gasteiger partial charge in [-0.2, -0.15) is 0 Å². The van der Waals surface area contributed by atoms with E-state index in [9.17, 15) is 9.90 Å². The number of carboxylic acids is 1. The van der Waals surface area contributed by atoms with E-state index >= 15 is 0 Å². The van der Waals surface area contributed by atoms with Crippen molar-refractivity contribution in [2.24, 2.45) is 11.8 Å². The summed E-state index contributed by atoms with van der Waals surface area (Å²) in [4.78, 5) is 16.8. The SMILES string of the molecule is CCCN1CC2C3CCN(CC3)C2C1C(NCC)C(=O)O. The molecule has 120 valence electrons. The van der Waals surface area contributed by atoms with Crippen molar-refractivity contribution in [3.63, 3.8) is 0 Å². The molecule has 2 bridgehead atoms. The fourth-order valence-corrected chi connectivity index (χ4v) is 5.04. The summed E-state index contributed by atoms with van der Waals surface area (Å²) < 4.78 is 0. The van der Waals surface area contributed by atoms with Crippen molar-refractivity contribution >= 4 is 5.97 Å². The van der Waals surface area contributed by atoms with Gasteiger partial charge in [0.05, 0.1) is 6.04 Å². The van der Waals surface area contributed by atoms with Crippen LogP contribution in [0.2, 0.25) is 0 Å². The first-order chi connectivity index (χ1) is 10.2. The Kier molecular flexibility index (Phi) is 4.52. The third-order valence-corrected chi connectivity index (χ3v) is 5.80. The van der Waals surface area contributed by atoms with Gasteiger partial charge in [0.1, 0.15) is 6.04 Å². The molecule has 4 aliphatic rings. The second kappa shape index (κ2) is 6.23. The highest BCUT2D eigenvalue weighted by Crippen LogP contribution is 2.44. The number of nitrogens with zero attached hydrogens (tertiary/aromatic N) is 2. The summed E-state index contributed by atoms with van der Waals surface area (Å²) in [6.45, 7) is 9.36. The van der Waals surface area contributed by atoms with Crippen LogP contribution in [0.5, 0.6) is 0 Å². The van der Waals surface area contributed by atoms with Gasteiger partial charge in [-0.25, -0.2) is 0 Å². The molecule has 2 N–H and O–H groups in total. The highest BCUT2D eigenvalue weighted by atomic mass is 16.4. The summed E-state index contributed by atoms with van der Waals surface area (Å²) >= 11 is 0. The van der Waals surface area contributed by atoms with E-state index in [1.54, 1.807) is 0 Å². The quantitative estimate of drug-likeness (QED) is 0.761. The van der Waals surface area contributed by atoms with Crippen LogP contribution in [0.1, 0.15) is 33.1 Å². The van der Waals surface area contributed by atoms with Crippen molar-refractivity contribution < 1.29 is 9.90 Å². The molecule has 5 heteroatoms. The number of piperidine rings is 3. The normalized spacial score (nSPS) is 40.2. The van der Waals surface area contributed by atoms with E-state index in [4.69, 9.17) is 0 Å². The molecule has 4 atom stereocenters. The van der Waals surface area contributed by atoms with E-state index in [0.29, 0.717) is 18.5 Å². The molecule has 0 aliphatic carbocycles. The number of aliphatic carboxylic acids is 1. The fourth-order valence-electron chi connectivity index (χ4n) is 5.04. The van der Waals surface area contributed by atoms with Gasteiger partial charge in [0.25, 0.3) is 0 Å². The predicted molar refractivity (Wildman–Crippen MR) is 82.3 cm³/mol. The summed E-state index contributed by atoms with van der Waals surface area (Å²) in [5.74, 6) is 0.816. The van der Waals surface area contributed by atoms with Crippen LogP contribution in [-0.2, 0) is 4.79 Å². The van der Waals surface area contributed by atoms with Gasteiger partial charge < -0.3 is 10.4 Å². The van der Waals surface area contributed by atoms with Crippen LogP contribution < -0.4 is 5.32 Å². The van der Waals surface area contributed by atoms with E-state index in [-0.39, 0.29) is 6.04 Å². The lowest BCUT2D eigenvalue weighted by molar-refractivity contribution is -0.142. The minimum absolute atomic E-state index is 0.135. The lowest BCUT2D eigenvalue weighted by Gasteiger charge is -2.50. The molecule has 4 heterocycles. The van der Waals surface area contributed by atoms with E-state index in [1.807, 2.05) is 6.92 Å². The summed E-state index contributed by atoms with van der Waals surface area (Å²) in [5, 5.41) is 12.9. The van der Waals surface area contributed by atoms with Gasteiger partial charge in [-0.3, -0.25) is 14.6 Å². The first-order valence-corrected chi connectivity index (χ1v) is 8.61. The van der Waals surface area contributed by atoms with Crippen LogP contribution in [0.4, 0.5) is 0 Å². The molecule has 0 amide bonds. The number of fused-ring (bicyclic) bond motifs is 2. The fraction of sp³-hybridized carbons (Fsp3) is 0.938. The molecule has 0 aromatic rings. The van der Waals surface area contributed by atoms with Crippen LogP contribution in [0.15, 0.2) is 0 Å². The average molecular weight is 295 g/mol. The van der Waals surface area contributed by atoms with Crippen LogP contribution in [0.25, 0.3) is 0 Å². The minimum atomic E-state index is -0.689. The van der Waals surface area contributed by atoms with Gasteiger partial charge in [-0.05, 0) is 57.3 Å². The molecule has 0 aromatic carbocycles. The predicted octanol–water partition coefficient (Wildman–Crippen LogP) is 0.854.